The second kappa shape index (κ2) is 9.93. The summed E-state index contributed by atoms with van der Waals surface area (Å²) in [4.78, 5) is 41.7. The zero-order valence-corrected chi connectivity index (χ0v) is 18.7. The van der Waals surface area contributed by atoms with Gasteiger partial charge in [-0.1, -0.05) is 23.5 Å². The van der Waals surface area contributed by atoms with Gasteiger partial charge in [-0.25, -0.2) is 0 Å². The van der Waals surface area contributed by atoms with Crippen LogP contribution in [0.2, 0.25) is 0 Å². The van der Waals surface area contributed by atoms with E-state index in [1.165, 1.54) is 11.3 Å². The highest BCUT2D eigenvalue weighted by Crippen LogP contribution is 2.14. The summed E-state index contributed by atoms with van der Waals surface area (Å²) in [5, 5.41) is 0. The molecule has 0 bridgehead atoms. The number of rotatable bonds is 7. The minimum Gasteiger partial charge on any atom is -0.497 e. The van der Waals surface area contributed by atoms with Crippen molar-refractivity contribution in [2.75, 3.05) is 33.3 Å². The number of piperazine rings is 1. The van der Waals surface area contributed by atoms with Gasteiger partial charge in [0.1, 0.15) is 5.75 Å². The normalized spacial score (nSPS) is 14.1. The zero-order chi connectivity index (χ0) is 21.7. The molecule has 2 aromatic rings. The van der Waals surface area contributed by atoms with Crippen molar-refractivity contribution >= 4 is 23.2 Å². The molecule has 2 heterocycles. The molecule has 0 N–H and O–H groups in total. The topological polar surface area (TPSA) is 71.8 Å². The number of carbonyl (C=O) groups excluding carboxylic acids is 2. The molecule has 0 spiro atoms. The summed E-state index contributed by atoms with van der Waals surface area (Å²) in [5.41, 5.74) is 2.04. The average molecular weight is 432 g/mol. The Morgan fingerprint density at radius 2 is 1.53 bits per heavy atom. The van der Waals surface area contributed by atoms with Crippen molar-refractivity contribution in [3.63, 3.8) is 0 Å². The molecule has 1 saturated heterocycles. The molecule has 1 aromatic heterocycles. The van der Waals surface area contributed by atoms with Crippen LogP contribution in [0.4, 0.5) is 0 Å². The van der Waals surface area contributed by atoms with Crippen molar-refractivity contribution in [3.05, 3.63) is 50.1 Å². The van der Waals surface area contributed by atoms with E-state index >= 15 is 0 Å². The van der Waals surface area contributed by atoms with Crippen molar-refractivity contribution in [3.8, 4) is 5.75 Å². The van der Waals surface area contributed by atoms with Crippen LogP contribution in [0.25, 0.3) is 0 Å². The molecule has 3 rings (SSSR count). The Balaban J connectivity index is 1.42. The maximum Gasteiger partial charge on any atom is 0.307 e. The molecule has 1 fully saturated rings. The summed E-state index contributed by atoms with van der Waals surface area (Å²) in [7, 11) is 1.63. The van der Waals surface area contributed by atoms with Crippen molar-refractivity contribution in [1.82, 2.24) is 14.4 Å². The number of thiazole rings is 1. The number of aromatic nitrogens is 1. The number of benzene rings is 1. The fourth-order valence-electron chi connectivity index (χ4n) is 3.62. The first-order valence-corrected chi connectivity index (χ1v) is 11.1. The molecular formula is C22H29N3O4S. The first-order valence-electron chi connectivity index (χ1n) is 10.2. The van der Waals surface area contributed by atoms with Crippen LogP contribution in [0.1, 0.15) is 29.0 Å². The fourth-order valence-corrected chi connectivity index (χ4v) is 4.48. The highest BCUT2D eigenvalue weighted by molar-refractivity contribution is 7.09. The van der Waals surface area contributed by atoms with E-state index in [1.54, 1.807) is 16.6 Å². The fraction of sp³-hybridized carbons (Fsp3) is 0.500. The third-order valence-electron chi connectivity index (χ3n) is 5.70. The number of hydrogen-bond acceptors (Lipinski definition) is 5. The lowest BCUT2D eigenvalue weighted by atomic mass is 10.1. The number of amides is 2. The summed E-state index contributed by atoms with van der Waals surface area (Å²) >= 11 is 1.22. The van der Waals surface area contributed by atoms with Gasteiger partial charge in [-0.05, 0) is 38.0 Å². The van der Waals surface area contributed by atoms with Crippen LogP contribution < -0.4 is 9.61 Å². The van der Waals surface area contributed by atoms with Gasteiger partial charge in [-0.15, -0.1) is 0 Å². The molecule has 1 aliphatic heterocycles. The van der Waals surface area contributed by atoms with Crippen molar-refractivity contribution < 1.29 is 14.3 Å². The quantitative estimate of drug-likeness (QED) is 0.674. The first-order chi connectivity index (χ1) is 14.4. The molecule has 30 heavy (non-hydrogen) atoms. The van der Waals surface area contributed by atoms with Crippen LogP contribution in [0.15, 0.2) is 29.1 Å². The number of aryl methyl sites for hydroxylation is 2. The van der Waals surface area contributed by atoms with Crippen LogP contribution in [0, 0.1) is 13.8 Å². The van der Waals surface area contributed by atoms with Crippen molar-refractivity contribution in [1.29, 1.82) is 0 Å². The number of methoxy groups -OCH3 is 1. The Hall–Kier alpha value is -2.61. The molecular weight excluding hydrogens is 402 g/mol. The second-order valence-electron chi connectivity index (χ2n) is 7.52. The maximum atomic E-state index is 12.5. The van der Waals surface area contributed by atoms with Gasteiger partial charge in [0.25, 0.3) is 0 Å². The number of carbonyl (C=O) groups is 2. The molecule has 7 nitrogen and oxygen atoms in total. The third kappa shape index (κ3) is 5.30. The molecule has 0 aliphatic carbocycles. The first kappa shape index (κ1) is 22.1. The lowest BCUT2D eigenvalue weighted by Crippen LogP contribution is -2.50. The van der Waals surface area contributed by atoms with Gasteiger partial charge < -0.3 is 19.1 Å². The summed E-state index contributed by atoms with van der Waals surface area (Å²) in [6.07, 6.45) is 1.46. The largest absolute Gasteiger partial charge is 0.497 e. The van der Waals surface area contributed by atoms with E-state index < -0.39 is 0 Å². The highest BCUT2D eigenvalue weighted by Gasteiger charge is 2.24. The van der Waals surface area contributed by atoms with Crippen LogP contribution in [0.5, 0.6) is 5.75 Å². The Morgan fingerprint density at radius 3 is 2.03 bits per heavy atom. The van der Waals surface area contributed by atoms with E-state index in [9.17, 15) is 14.4 Å². The van der Waals surface area contributed by atoms with Gasteiger partial charge in [0.2, 0.25) is 11.8 Å². The Kier molecular flexibility index (Phi) is 7.31. The predicted octanol–water partition coefficient (Wildman–Crippen LogP) is 2.23. The Bertz CT molecular complexity index is 940. The van der Waals surface area contributed by atoms with E-state index in [-0.39, 0.29) is 16.7 Å². The van der Waals surface area contributed by atoms with Crippen LogP contribution in [0.3, 0.4) is 0 Å². The van der Waals surface area contributed by atoms with Crippen LogP contribution >= 0.6 is 11.3 Å². The van der Waals surface area contributed by atoms with E-state index in [0.717, 1.165) is 21.9 Å². The number of nitrogens with zero attached hydrogens (tertiary/aromatic N) is 3. The lowest BCUT2D eigenvalue weighted by Gasteiger charge is -2.35. The Labute approximate surface area is 180 Å². The Morgan fingerprint density at radius 1 is 0.967 bits per heavy atom. The minimum atomic E-state index is -0.00919. The SMILES string of the molecule is COc1ccc(CCC(=O)N2CCN(C(=O)CCn3c(C)c(C)sc3=O)CC2)cc1. The zero-order valence-electron chi connectivity index (χ0n) is 17.8. The second-order valence-corrected chi connectivity index (χ2v) is 8.69. The van der Waals surface area contributed by atoms with Gasteiger partial charge in [-0.2, -0.15) is 0 Å². The molecule has 2 amide bonds. The average Bonchev–Trinajstić information content (AvgIpc) is 3.01. The van der Waals surface area contributed by atoms with Gasteiger partial charge in [0.15, 0.2) is 0 Å². The molecule has 0 radical (unpaired) electrons. The standard InChI is InChI=1S/C22H29N3O4S/c1-16-17(2)30-22(28)25(16)11-10-21(27)24-14-12-23(13-15-24)20(26)9-6-18-4-7-19(29-3)8-5-18/h4-5,7-8H,6,9-15H2,1-3H3. The van der Waals surface area contributed by atoms with Gasteiger partial charge in [0.05, 0.1) is 7.11 Å². The maximum absolute atomic E-state index is 12.5. The van der Waals surface area contributed by atoms with E-state index in [0.29, 0.717) is 52.0 Å². The third-order valence-corrected chi connectivity index (χ3v) is 6.69. The number of hydrogen-bond donors (Lipinski definition) is 0. The molecule has 1 aromatic carbocycles. The molecule has 0 atom stereocenters. The summed E-state index contributed by atoms with van der Waals surface area (Å²) in [6.45, 7) is 6.45. The molecule has 162 valence electrons. The molecule has 8 heteroatoms. The van der Waals surface area contributed by atoms with Crippen molar-refractivity contribution in [2.24, 2.45) is 0 Å². The smallest absolute Gasteiger partial charge is 0.307 e. The summed E-state index contributed by atoms with van der Waals surface area (Å²) in [5.74, 6) is 0.962. The lowest BCUT2D eigenvalue weighted by molar-refractivity contribution is -0.139. The van der Waals surface area contributed by atoms with E-state index in [2.05, 4.69) is 0 Å². The van der Waals surface area contributed by atoms with Crippen molar-refractivity contribution in [2.45, 2.75) is 39.7 Å². The van der Waals surface area contributed by atoms with Gasteiger partial charge in [-0.3, -0.25) is 14.4 Å². The minimum absolute atomic E-state index is 0.00919. The van der Waals surface area contributed by atoms with E-state index in [4.69, 9.17) is 4.74 Å². The summed E-state index contributed by atoms with van der Waals surface area (Å²) < 4.78 is 6.83. The van der Waals surface area contributed by atoms with Crippen LogP contribution in [-0.2, 0) is 22.6 Å². The van der Waals surface area contributed by atoms with Gasteiger partial charge in [0, 0.05) is 56.1 Å². The van der Waals surface area contributed by atoms with Gasteiger partial charge >= 0.3 is 4.87 Å². The monoisotopic (exact) mass is 431 g/mol. The molecule has 0 saturated carbocycles. The number of ether oxygens (including phenoxy) is 1. The summed E-state index contributed by atoms with van der Waals surface area (Å²) in [6, 6.07) is 7.75. The predicted molar refractivity (Wildman–Crippen MR) is 117 cm³/mol. The molecule has 1 aliphatic rings. The van der Waals surface area contributed by atoms with Crippen LogP contribution in [-0.4, -0.2) is 59.5 Å². The molecule has 0 unspecified atom stereocenters. The highest BCUT2D eigenvalue weighted by atomic mass is 32.1. The van der Waals surface area contributed by atoms with E-state index in [1.807, 2.05) is 43.0 Å².